The van der Waals surface area contributed by atoms with E-state index < -0.39 is 12.0 Å². The van der Waals surface area contributed by atoms with Crippen molar-refractivity contribution in [1.82, 2.24) is 16.0 Å². The predicted molar refractivity (Wildman–Crippen MR) is 129 cm³/mol. The Balaban J connectivity index is 1.59. The van der Waals surface area contributed by atoms with Gasteiger partial charge in [0.25, 0.3) is 5.91 Å². The van der Waals surface area contributed by atoms with Crippen LogP contribution in [0.15, 0.2) is 66.7 Å². The number of fused-ring (bicyclic) bond motifs is 1. The molecule has 0 fully saturated rings. The molecule has 2 atom stereocenters. The minimum Gasteiger partial charge on any atom is -0.484 e. The van der Waals surface area contributed by atoms with Crippen molar-refractivity contribution >= 4 is 17.7 Å². The van der Waals surface area contributed by atoms with E-state index in [0.717, 1.165) is 16.7 Å². The molecule has 1 aliphatic rings. The molecular weight excluding hydrogens is 449 g/mol. The standard InChI is InChI=1S/C27H26FN3O4/c1-16(32)30-12-13-31-26(33)20-5-3-4-18(14-20)19-8-11-23-22(15-19)24(27(34)29-2)25(35-23)17-6-9-21(28)10-7-17/h3-11,14-15,24-25H,12-13H2,1-2H3,(H,29,34)(H,30,32)(H,31,33). The lowest BCUT2D eigenvalue weighted by Crippen LogP contribution is -2.33. The van der Waals surface area contributed by atoms with Crippen molar-refractivity contribution in [2.75, 3.05) is 20.1 Å². The van der Waals surface area contributed by atoms with Crippen LogP contribution in [0.4, 0.5) is 4.39 Å². The Morgan fingerprint density at radius 1 is 0.914 bits per heavy atom. The van der Waals surface area contributed by atoms with Crippen molar-refractivity contribution < 1.29 is 23.5 Å². The van der Waals surface area contributed by atoms with Gasteiger partial charge in [0.1, 0.15) is 23.6 Å². The minimum absolute atomic E-state index is 0.154. The van der Waals surface area contributed by atoms with E-state index in [9.17, 15) is 18.8 Å². The molecular formula is C27H26FN3O4. The van der Waals surface area contributed by atoms with E-state index in [-0.39, 0.29) is 23.5 Å². The van der Waals surface area contributed by atoms with Crippen molar-refractivity contribution in [2.45, 2.75) is 18.9 Å². The highest BCUT2D eigenvalue weighted by Gasteiger charge is 2.40. The Hall–Kier alpha value is -4.20. The Bertz CT molecular complexity index is 1260. The van der Waals surface area contributed by atoms with Gasteiger partial charge in [-0.1, -0.05) is 30.3 Å². The first-order valence-electron chi connectivity index (χ1n) is 11.3. The summed E-state index contributed by atoms with van der Waals surface area (Å²) in [5.41, 5.74) is 3.54. The van der Waals surface area contributed by atoms with E-state index in [2.05, 4.69) is 16.0 Å². The van der Waals surface area contributed by atoms with E-state index >= 15 is 0 Å². The summed E-state index contributed by atoms with van der Waals surface area (Å²) in [4.78, 5) is 36.3. The summed E-state index contributed by atoms with van der Waals surface area (Å²) in [7, 11) is 1.57. The van der Waals surface area contributed by atoms with Gasteiger partial charge in [-0.15, -0.1) is 0 Å². The van der Waals surface area contributed by atoms with Crippen LogP contribution in [0.2, 0.25) is 0 Å². The smallest absolute Gasteiger partial charge is 0.251 e. The molecule has 3 aromatic carbocycles. The van der Waals surface area contributed by atoms with Gasteiger partial charge >= 0.3 is 0 Å². The lowest BCUT2D eigenvalue weighted by Gasteiger charge is -2.18. The first-order valence-corrected chi connectivity index (χ1v) is 11.3. The van der Waals surface area contributed by atoms with Crippen LogP contribution in [0, 0.1) is 5.82 Å². The molecule has 1 heterocycles. The number of halogens is 1. The van der Waals surface area contributed by atoms with Crippen LogP contribution >= 0.6 is 0 Å². The number of hydrogen-bond donors (Lipinski definition) is 3. The zero-order chi connectivity index (χ0) is 24.9. The van der Waals surface area contributed by atoms with Crippen LogP contribution in [0.3, 0.4) is 0 Å². The number of amides is 3. The summed E-state index contributed by atoms with van der Waals surface area (Å²) in [6, 6.07) is 18.7. The molecule has 8 heteroatoms. The van der Waals surface area contributed by atoms with Crippen molar-refractivity contribution in [3.8, 4) is 16.9 Å². The first-order chi connectivity index (χ1) is 16.9. The fraction of sp³-hybridized carbons (Fsp3) is 0.222. The Morgan fingerprint density at radius 2 is 1.63 bits per heavy atom. The summed E-state index contributed by atoms with van der Waals surface area (Å²) in [6.07, 6.45) is -0.582. The second-order valence-corrected chi connectivity index (χ2v) is 8.25. The van der Waals surface area contributed by atoms with Gasteiger partial charge in [0.15, 0.2) is 0 Å². The predicted octanol–water partition coefficient (Wildman–Crippen LogP) is 3.32. The fourth-order valence-electron chi connectivity index (χ4n) is 4.15. The lowest BCUT2D eigenvalue weighted by molar-refractivity contribution is -0.123. The van der Waals surface area contributed by atoms with E-state index in [0.29, 0.717) is 30.0 Å². The number of ether oxygens (including phenoxy) is 1. The topological polar surface area (TPSA) is 96.5 Å². The highest BCUT2D eigenvalue weighted by atomic mass is 19.1. The summed E-state index contributed by atoms with van der Waals surface area (Å²) in [5, 5.41) is 8.11. The molecule has 2 unspecified atom stereocenters. The van der Waals surface area contributed by atoms with Gasteiger partial charge in [-0.2, -0.15) is 0 Å². The average Bonchev–Trinajstić information content (AvgIpc) is 3.25. The fourth-order valence-corrected chi connectivity index (χ4v) is 4.15. The highest BCUT2D eigenvalue weighted by Crippen LogP contribution is 2.47. The normalized spacial score (nSPS) is 16.1. The molecule has 0 aliphatic carbocycles. The van der Waals surface area contributed by atoms with Crippen LogP contribution in [0.25, 0.3) is 11.1 Å². The maximum Gasteiger partial charge on any atom is 0.251 e. The molecule has 35 heavy (non-hydrogen) atoms. The van der Waals surface area contributed by atoms with Crippen LogP contribution in [-0.2, 0) is 9.59 Å². The molecule has 0 aromatic heterocycles. The maximum atomic E-state index is 13.4. The van der Waals surface area contributed by atoms with E-state index in [1.807, 2.05) is 24.3 Å². The summed E-state index contributed by atoms with van der Waals surface area (Å²) >= 11 is 0. The third-order valence-corrected chi connectivity index (χ3v) is 5.87. The van der Waals surface area contributed by atoms with Gasteiger partial charge in [0, 0.05) is 38.2 Å². The van der Waals surface area contributed by atoms with Crippen molar-refractivity contribution in [3.05, 3.63) is 89.2 Å². The molecule has 0 spiro atoms. The molecule has 180 valence electrons. The number of rotatable bonds is 7. The minimum atomic E-state index is -0.610. The van der Waals surface area contributed by atoms with Crippen molar-refractivity contribution in [3.63, 3.8) is 0 Å². The van der Waals surface area contributed by atoms with Crippen molar-refractivity contribution in [2.24, 2.45) is 0 Å². The largest absolute Gasteiger partial charge is 0.484 e. The summed E-state index contributed by atoms with van der Waals surface area (Å²) in [5.74, 6) is -0.992. The zero-order valence-electron chi connectivity index (χ0n) is 19.4. The third-order valence-electron chi connectivity index (χ3n) is 5.87. The van der Waals surface area contributed by atoms with E-state index in [1.54, 1.807) is 37.4 Å². The highest BCUT2D eigenvalue weighted by molar-refractivity contribution is 5.95. The Morgan fingerprint density at radius 3 is 2.34 bits per heavy atom. The molecule has 4 rings (SSSR count). The van der Waals surface area contributed by atoms with Gasteiger partial charge in [-0.05, 0) is 53.1 Å². The average molecular weight is 476 g/mol. The zero-order valence-corrected chi connectivity index (χ0v) is 19.4. The van der Waals surface area contributed by atoms with Gasteiger partial charge in [-0.3, -0.25) is 14.4 Å². The van der Waals surface area contributed by atoms with Crippen LogP contribution in [-0.4, -0.2) is 37.9 Å². The number of nitrogens with one attached hydrogen (secondary N) is 3. The second-order valence-electron chi connectivity index (χ2n) is 8.25. The summed E-state index contributed by atoms with van der Waals surface area (Å²) in [6.45, 7) is 2.09. The van der Waals surface area contributed by atoms with E-state index in [1.165, 1.54) is 19.1 Å². The van der Waals surface area contributed by atoms with Gasteiger partial charge in [0.2, 0.25) is 11.8 Å². The monoisotopic (exact) mass is 475 g/mol. The van der Waals surface area contributed by atoms with Crippen molar-refractivity contribution in [1.29, 1.82) is 0 Å². The molecule has 3 N–H and O–H groups in total. The van der Waals surface area contributed by atoms with Gasteiger partial charge < -0.3 is 20.7 Å². The molecule has 3 amide bonds. The molecule has 0 saturated heterocycles. The molecule has 0 radical (unpaired) electrons. The third kappa shape index (κ3) is 5.32. The van der Waals surface area contributed by atoms with Crippen LogP contribution < -0.4 is 20.7 Å². The molecule has 0 bridgehead atoms. The number of benzene rings is 3. The number of carbonyl (C=O) groups is 3. The number of likely N-dealkylation sites (N-methyl/N-ethyl adjacent to an activating group) is 1. The Kier molecular flexibility index (Phi) is 7.10. The molecule has 3 aromatic rings. The van der Waals surface area contributed by atoms with Crippen LogP contribution in [0.1, 0.15) is 40.4 Å². The van der Waals surface area contributed by atoms with Gasteiger partial charge in [0.05, 0.1) is 0 Å². The van der Waals surface area contributed by atoms with Crippen LogP contribution in [0.5, 0.6) is 5.75 Å². The second kappa shape index (κ2) is 10.4. The first kappa shape index (κ1) is 23.9. The molecule has 7 nitrogen and oxygen atoms in total. The summed E-state index contributed by atoms with van der Waals surface area (Å²) < 4.78 is 19.6. The van der Waals surface area contributed by atoms with Gasteiger partial charge in [-0.25, -0.2) is 4.39 Å². The van der Waals surface area contributed by atoms with E-state index in [4.69, 9.17) is 4.74 Å². The Labute approximate surface area is 202 Å². The maximum absolute atomic E-state index is 13.4. The lowest BCUT2D eigenvalue weighted by atomic mass is 9.88. The quantitative estimate of drug-likeness (QED) is 0.457. The molecule has 0 saturated carbocycles. The number of carbonyl (C=O) groups excluding carboxylic acids is 3. The molecule has 1 aliphatic heterocycles. The SMILES string of the molecule is CNC(=O)C1c2cc(-c3cccc(C(=O)NCCNC(C)=O)c3)ccc2OC1c1ccc(F)cc1. The number of hydrogen-bond acceptors (Lipinski definition) is 4.